The smallest absolute Gasteiger partial charge is 0.240 e. The molecule has 5 aromatic rings. The predicted octanol–water partition coefficient (Wildman–Crippen LogP) is 6.27. The van der Waals surface area contributed by atoms with Crippen molar-refractivity contribution >= 4 is 34.3 Å². The number of nitrogens with one attached hydrogen (secondary N) is 1. The first-order valence-electron chi connectivity index (χ1n) is 12.9. The maximum Gasteiger partial charge on any atom is 0.240 e. The van der Waals surface area contributed by atoms with Gasteiger partial charge < -0.3 is 14.6 Å². The Hall–Kier alpha value is -4.04. The van der Waals surface area contributed by atoms with Crippen molar-refractivity contribution in [2.24, 2.45) is 0 Å². The van der Waals surface area contributed by atoms with Crippen molar-refractivity contribution in [3.05, 3.63) is 84.6 Å². The zero-order valence-electron chi connectivity index (χ0n) is 21.6. The summed E-state index contributed by atoms with van der Waals surface area (Å²) >= 11 is 1.43. The molecule has 0 saturated carbocycles. The molecule has 38 heavy (non-hydrogen) atoms. The Kier molecular flexibility index (Phi) is 6.41. The average molecular weight is 524 g/mol. The minimum atomic E-state index is -0.356. The Balaban J connectivity index is 1.38. The van der Waals surface area contributed by atoms with Gasteiger partial charge in [-0.3, -0.25) is 9.36 Å². The molecule has 1 aliphatic heterocycles. The molecule has 192 valence electrons. The number of aromatic nitrogens is 4. The predicted molar refractivity (Wildman–Crippen MR) is 152 cm³/mol. The Labute approximate surface area is 225 Å². The van der Waals surface area contributed by atoms with Crippen LogP contribution in [0.1, 0.15) is 26.3 Å². The molecule has 6 rings (SSSR count). The van der Waals surface area contributed by atoms with E-state index in [1.165, 1.54) is 17.3 Å². The fraction of sp³-hybridized carbons (Fsp3) is 0.233. The number of H-pyrrole nitrogens is 1. The van der Waals surface area contributed by atoms with Gasteiger partial charge in [0.05, 0.1) is 11.9 Å². The first-order chi connectivity index (χ1) is 18.5. The van der Waals surface area contributed by atoms with Gasteiger partial charge in [-0.1, -0.05) is 48.2 Å². The second-order valence-corrected chi connectivity index (χ2v) is 10.8. The molecule has 3 aromatic carbocycles. The van der Waals surface area contributed by atoms with E-state index in [2.05, 4.69) is 34.2 Å². The molecule has 0 saturated heterocycles. The third-order valence-corrected chi connectivity index (χ3v) is 7.97. The van der Waals surface area contributed by atoms with E-state index in [-0.39, 0.29) is 17.2 Å². The molecule has 1 amide bonds. The van der Waals surface area contributed by atoms with Crippen LogP contribution in [0.15, 0.2) is 84.1 Å². The maximum atomic E-state index is 13.7. The number of carbonyl (C=O) groups excluding carboxylic acids is 1. The summed E-state index contributed by atoms with van der Waals surface area (Å²) in [5.41, 5.74) is 5.11. The average Bonchev–Trinajstić information content (AvgIpc) is 3.63. The number of anilines is 1. The lowest BCUT2D eigenvalue weighted by molar-refractivity contribution is -0.118. The van der Waals surface area contributed by atoms with Crippen molar-refractivity contribution in [2.75, 3.05) is 11.5 Å². The van der Waals surface area contributed by atoms with E-state index in [4.69, 9.17) is 4.74 Å². The fourth-order valence-corrected chi connectivity index (χ4v) is 6.09. The van der Waals surface area contributed by atoms with Crippen molar-refractivity contribution < 1.29 is 9.53 Å². The summed E-state index contributed by atoms with van der Waals surface area (Å²) in [6.45, 7) is 6.62. The molecule has 0 unspecified atom stereocenters. The number of benzene rings is 3. The summed E-state index contributed by atoms with van der Waals surface area (Å²) in [5, 5.41) is 10.6. The van der Waals surface area contributed by atoms with Gasteiger partial charge in [-0.15, -0.1) is 10.2 Å². The number of fused-ring (bicyclic) bond motifs is 2. The highest BCUT2D eigenvalue weighted by Crippen LogP contribution is 2.37. The van der Waals surface area contributed by atoms with Crippen LogP contribution in [-0.2, 0) is 11.2 Å². The first-order valence-corrected chi connectivity index (χ1v) is 13.8. The van der Waals surface area contributed by atoms with Crippen molar-refractivity contribution in [3.63, 3.8) is 0 Å². The van der Waals surface area contributed by atoms with Gasteiger partial charge in [0.25, 0.3) is 0 Å². The highest BCUT2D eigenvalue weighted by Gasteiger charge is 2.34. The molecular weight excluding hydrogens is 494 g/mol. The summed E-state index contributed by atoms with van der Waals surface area (Å²) in [7, 11) is 0. The van der Waals surface area contributed by atoms with Crippen LogP contribution in [0.25, 0.3) is 28.0 Å². The van der Waals surface area contributed by atoms with Gasteiger partial charge in [-0.05, 0) is 69.2 Å². The van der Waals surface area contributed by atoms with Gasteiger partial charge in [0.15, 0.2) is 11.0 Å². The Morgan fingerprint density at radius 2 is 1.84 bits per heavy atom. The monoisotopic (exact) mass is 523 g/mol. The topological polar surface area (TPSA) is 76.0 Å². The van der Waals surface area contributed by atoms with Crippen LogP contribution in [0.4, 0.5) is 5.69 Å². The highest BCUT2D eigenvalue weighted by atomic mass is 32.2. The third-order valence-electron chi connectivity index (χ3n) is 6.94. The Bertz CT molecular complexity index is 1610. The lowest BCUT2D eigenvalue weighted by Gasteiger charge is -2.25. The number of para-hydroxylation sites is 2. The normalized spacial score (nSPS) is 15.6. The number of ether oxygens (including phenoxy) is 1. The molecule has 1 N–H and O–H groups in total. The standard InChI is InChI=1S/C30H29N5O2S/c1-4-37-23-15-13-22(14-16-23)35-28(25-18-31-26-11-7-6-10-24(25)26)32-33-30(35)38-20(3)29(36)34-19(2)17-21-9-5-8-12-27(21)34/h5-16,18-20,31H,4,17H2,1-3H3/t19-,20-/m1/s1. The number of hydrogen-bond acceptors (Lipinski definition) is 5. The summed E-state index contributed by atoms with van der Waals surface area (Å²) in [6, 6.07) is 24.3. The van der Waals surface area contributed by atoms with Crippen LogP contribution in [0.3, 0.4) is 0 Å². The molecule has 0 fully saturated rings. The molecule has 0 aliphatic carbocycles. The number of nitrogens with zero attached hydrogens (tertiary/aromatic N) is 4. The van der Waals surface area contributed by atoms with Gasteiger partial charge in [0.2, 0.25) is 5.91 Å². The number of amides is 1. The number of carbonyl (C=O) groups is 1. The van der Waals surface area contributed by atoms with E-state index in [1.54, 1.807) is 0 Å². The van der Waals surface area contributed by atoms with E-state index in [1.807, 2.05) is 90.2 Å². The number of aromatic amines is 1. The first kappa shape index (κ1) is 24.3. The van der Waals surface area contributed by atoms with E-state index in [0.29, 0.717) is 17.6 Å². The lowest BCUT2D eigenvalue weighted by atomic mass is 10.1. The quantitative estimate of drug-likeness (QED) is 0.254. The molecule has 0 radical (unpaired) electrons. The maximum absolute atomic E-state index is 13.7. The third kappa shape index (κ3) is 4.24. The van der Waals surface area contributed by atoms with Crippen LogP contribution in [0.2, 0.25) is 0 Å². The molecule has 7 nitrogen and oxygen atoms in total. The molecule has 1 aliphatic rings. The molecule has 0 bridgehead atoms. The van der Waals surface area contributed by atoms with E-state index >= 15 is 0 Å². The molecule has 3 heterocycles. The zero-order valence-corrected chi connectivity index (χ0v) is 22.4. The molecule has 2 atom stereocenters. The van der Waals surface area contributed by atoms with Gasteiger partial charge in [0, 0.05) is 40.1 Å². The summed E-state index contributed by atoms with van der Waals surface area (Å²) in [6.07, 6.45) is 2.83. The number of rotatable bonds is 7. The van der Waals surface area contributed by atoms with E-state index < -0.39 is 0 Å². The minimum absolute atomic E-state index is 0.0716. The molecular formula is C30H29N5O2S. The van der Waals surface area contributed by atoms with E-state index in [9.17, 15) is 4.79 Å². The molecule has 2 aromatic heterocycles. The van der Waals surface area contributed by atoms with Crippen LogP contribution in [-0.4, -0.2) is 43.6 Å². The SMILES string of the molecule is CCOc1ccc(-n2c(S[C@H](C)C(=O)N3c4ccccc4C[C@H]3C)nnc2-c2c[nH]c3ccccc23)cc1. The van der Waals surface area contributed by atoms with E-state index in [0.717, 1.165) is 40.0 Å². The van der Waals surface area contributed by atoms with Crippen LogP contribution in [0.5, 0.6) is 5.75 Å². The summed E-state index contributed by atoms with van der Waals surface area (Å²) in [5.74, 6) is 1.59. The van der Waals surface area contributed by atoms with Crippen molar-refractivity contribution in [3.8, 4) is 22.8 Å². The minimum Gasteiger partial charge on any atom is -0.494 e. The summed E-state index contributed by atoms with van der Waals surface area (Å²) < 4.78 is 7.69. The van der Waals surface area contributed by atoms with Crippen molar-refractivity contribution in [1.29, 1.82) is 0 Å². The van der Waals surface area contributed by atoms with Gasteiger partial charge in [-0.25, -0.2) is 0 Å². The second-order valence-electron chi connectivity index (χ2n) is 9.47. The highest BCUT2D eigenvalue weighted by molar-refractivity contribution is 8.00. The largest absolute Gasteiger partial charge is 0.494 e. The summed E-state index contributed by atoms with van der Waals surface area (Å²) in [4.78, 5) is 19.0. The fourth-order valence-electron chi connectivity index (χ4n) is 5.17. The van der Waals surface area contributed by atoms with Crippen molar-refractivity contribution in [1.82, 2.24) is 19.7 Å². The van der Waals surface area contributed by atoms with Crippen LogP contribution < -0.4 is 9.64 Å². The molecule has 8 heteroatoms. The second kappa shape index (κ2) is 10.0. The number of hydrogen-bond donors (Lipinski definition) is 1. The number of thioether (sulfide) groups is 1. The zero-order chi connectivity index (χ0) is 26.2. The Morgan fingerprint density at radius 1 is 1.08 bits per heavy atom. The lowest BCUT2D eigenvalue weighted by Crippen LogP contribution is -2.40. The van der Waals surface area contributed by atoms with Crippen LogP contribution in [0, 0.1) is 0 Å². The van der Waals surface area contributed by atoms with Gasteiger partial charge in [0.1, 0.15) is 5.75 Å². The van der Waals surface area contributed by atoms with Crippen molar-refractivity contribution in [2.45, 2.75) is 43.6 Å². The van der Waals surface area contributed by atoms with Gasteiger partial charge in [-0.2, -0.15) is 0 Å². The Morgan fingerprint density at radius 3 is 2.66 bits per heavy atom. The van der Waals surface area contributed by atoms with Crippen LogP contribution >= 0.6 is 11.8 Å². The molecule has 0 spiro atoms. The van der Waals surface area contributed by atoms with Gasteiger partial charge >= 0.3 is 0 Å².